The normalized spacial score (nSPS) is 27.7. The predicted octanol–water partition coefficient (Wildman–Crippen LogP) is 1.09. The lowest BCUT2D eigenvalue weighted by atomic mass is 9.77. The summed E-state index contributed by atoms with van der Waals surface area (Å²) >= 11 is 0. The molecule has 236 valence electrons. The van der Waals surface area contributed by atoms with E-state index in [0.29, 0.717) is 28.0 Å². The molecule has 2 unspecified atom stereocenters. The minimum atomic E-state index is -2.61. The summed E-state index contributed by atoms with van der Waals surface area (Å²) in [5.41, 5.74) is 1.57. The number of aliphatic hydroxyl groups is 4. The first-order chi connectivity index (χ1) is 21.4. The first kappa shape index (κ1) is 30.5. The van der Waals surface area contributed by atoms with Gasteiger partial charge in [-0.05, 0) is 37.3 Å². The van der Waals surface area contributed by atoms with Gasteiger partial charge in [-0.2, -0.15) is 0 Å². The van der Waals surface area contributed by atoms with Gasteiger partial charge in [0.2, 0.25) is 5.91 Å². The Labute approximate surface area is 256 Å². The fourth-order valence-electron chi connectivity index (χ4n) is 6.25. The van der Waals surface area contributed by atoms with Crippen LogP contribution in [-0.2, 0) is 24.7 Å². The molecule has 7 atom stereocenters. The number of aliphatic hydroxyl groups excluding tert-OH is 4. The first-order valence-corrected chi connectivity index (χ1v) is 14.2. The highest BCUT2D eigenvalue weighted by atomic mass is 16.7. The number of aliphatic carboxylic acids is 1. The maximum atomic E-state index is 13.1. The number of amides is 1. The lowest BCUT2D eigenvalue weighted by Crippen LogP contribution is -2.68. The van der Waals surface area contributed by atoms with E-state index in [1.165, 1.54) is 12.1 Å². The minimum Gasteiger partial charge on any atom is -0.476 e. The SMILES string of the molecule is CC(=O)N[C@H]1C([C@H](O)[C@H](O)CO)O[C@@](Oc2ccc3c(c2)Oc2ccc(C)cc2C32OC(=O)c3ccccc32)(C(=O)O)C[C@@H]1O. The second kappa shape index (κ2) is 11.1. The van der Waals surface area contributed by atoms with Crippen molar-refractivity contribution in [1.82, 2.24) is 5.32 Å². The summed E-state index contributed by atoms with van der Waals surface area (Å²) in [4.78, 5) is 37.6. The zero-order chi connectivity index (χ0) is 32.3. The number of esters is 1. The fraction of sp³-hybridized carbons (Fsp3) is 0.344. The Hall–Kier alpha value is -4.53. The molecule has 0 saturated carbocycles. The van der Waals surface area contributed by atoms with Crippen molar-refractivity contribution >= 4 is 17.8 Å². The zero-order valence-electron chi connectivity index (χ0n) is 24.2. The number of rotatable bonds is 7. The Balaban J connectivity index is 1.42. The lowest BCUT2D eigenvalue weighted by Gasteiger charge is -2.46. The van der Waals surface area contributed by atoms with Crippen molar-refractivity contribution in [2.45, 2.75) is 62.1 Å². The van der Waals surface area contributed by atoms with Crippen LogP contribution >= 0.6 is 0 Å². The summed E-state index contributed by atoms with van der Waals surface area (Å²) in [6.45, 7) is 2.13. The van der Waals surface area contributed by atoms with Crippen LogP contribution < -0.4 is 14.8 Å². The summed E-state index contributed by atoms with van der Waals surface area (Å²) in [5, 5.41) is 53.9. The van der Waals surface area contributed by atoms with Gasteiger partial charge >= 0.3 is 17.7 Å². The second-order valence-electron chi connectivity index (χ2n) is 11.4. The fourth-order valence-corrected chi connectivity index (χ4v) is 6.25. The monoisotopic (exact) mass is 621 g/mol. The molecule has 3 aliphatic rings. The number of aryl methyl sites for hydroxylation is 1. The van der Waals surface area contributed by atoms with Crippen LogP contribution in [0.3, 0.4) is 0 Å². The van der Waals surface area contributed by atoms with Crippen LogP contribution in [0.2, 0.25) is 0 Å². The van der Waals surface area contributed by atoms with Gasteiger partial charge in [0, 0.05) is 29.7 Å². The van der Waals surface area contributed by atoms with Gasteiger partial charge in [0.05, 0.1) is 30.7 Å². The number of hydrogen-bond acceptors (Lipinski definition) is 11. The molecule has 6 N–H and O–H groups in total. The van der Waals surface area contributed by atoms with Gasteiger partial charge in [0.25, 0.3) is 0 Å². The third kappa shape index (κ3) is 4.89. The van der Waals surface area contributed by atoms with Crippen LogP contribution in [0.25, 0.3) is 0 Å². The number of hydrogen-bond donors (Lipinski definition) is 6. The van der Waals surface area contributed by atoms with E-state index in [-0.39, 0.29) is 11.5 Å². The summed E-state index contributed by atoms with van der Waals surface area (Å²) in [7, 11) is 0. The van der Waals surface area contributed by atoms with Crippen molar-refractivity contribution in [2.24, 2.45) is 0 Å². The largest absolute Gasteiger partial charge is 0.476 e. The molecule has 3 aromatic rings. The van der Waals surface area contributed by atoms with Gasteiger partial charge in [-0.15, -0.1) is 0 Å². The molecule has 3 aliphatic heterocycles. The highest BCUT2D eigenvalue weighted by molar-refractivity contribution is 5.97. The Bertz CT molecular complexity index is 1690. The first-order valence-electron chi connectivity index (χ1n) is 14.2. The molecule has 0 bridgehead atoms. The van der Waals surface area contributed by atoms with E-state index >= 15 is 0 Å². The van der Waals surface area contributed by atoms with Crippen molar-refractivity contribution in [1.29, 1.82) is 0 Å². The van der Waals surface area contributed by atoms with E-state index in [2.05, 4.69) is 5.32 Å². The third-order valence-corrected chi connectivity index (χ3v) is 8.31. The molecular formula is C32H31NO12. The molecule has 1 fully saturated rings. The third-order valence-electron chi connectivity index (χ3n) is 8.31. The maximum Gasteiger partial charge on any atom is 0.377 e. The number of fused-ring (bicyclic) bond motifs is 6. The van der Waals surface area contributed by atoms with Gasteiger partial charge in [-0.3, -0.25) is 4.79 Å². The van der Waals surface area contributed by atoms with Crippen molar-refractivity contribution in [3.63, 3.8) is 0 Å². The molecule has 13 heteroatoms. The lowest BCUT2D eigenvalue weighted by molar-refractivity contribution is -0.284. The van der Waals surface area contributed by atoms with Crippen LogP contribution in [0.15, 0.2) is 60.7 Å². The Morgan fingerprint density at radius 2 is 1.80 bits per heavy atom. The van der Waals surface area contributed by atoms with E-state index < -0.39 is 72.7 Å². The molecule has 1 amide bonds. The molecule has 0 radical (unpaired) electrons. The summed E-state index contributed by atoms with van der Waals surface area (Å²) in [6.07, 6.45) is -7.74. The predicted molar refractivity (Wildman–Crippen MR) is 153 cm³/mol. The molecule has 45 heavy (non-hydrogen) atoms. The van der Waals surface area contributed by atoms with Crippen molar-refractivity contribution in [3.8, 4) is 17.2 Å². The van der Waals surface area contributed by atoms with Gasteiger partial charge in [-0.1, -0.05) is 29.8 Å². The number of carbonyl (C=O) groups excluding carboxylic acids is 2. The van der Waals surface area contributed by atoms with Crippen LogP contribution in [0.4, 0.5) is 0 Å². The van der Waals surface area contributed by atoms with E-state index in [0.717, 1.165) is 12.5 Å². The molecule has 1 saturated heterocycles. The van der Waals surface area contributed by atoms with Crippen LogP contribution in [0.5, 0.6) is 17.2 Å². The summed E-state index contributed by atoms with van der Waals surface area (Å²) in [5.74, 6) is -4.93. The van der Waals surface area contributed by atoms with Gasteiger partial charge in [-0.25, -0.2) is 9.59 Å². The van der Waals surface area contributed by atoms with Crippen LogP contribution in [0.1, 0.15) is 46.0 Å². The molecular weight excluding hydrogens is 590 g/mol. The highest BCUT2D eigenvalue weighted by Gasteiger charge is 2.57. The molecule has 13 nitrogen and oxygen atoms in total. The molecule has 0 aromatic heterocycles. The number of carboxylic acids is 1. The van der Waals surface area contributed by atoms with Crippen molar-refractivity contribution in [3.05, 3.63) is 88.5 Å². The number of benzene rings is 3. The van der Waals surface area contributed by atoms with Gasteiger partial charge in [0.1, 0.15) is 35.6 Å². The van der Waals surface area contributed by atoms with Crippen LogP contribution in [-0.4, -0.2) is 86.2 Å². The Morgan fingerprint density at radius 3 is 2.51 bits per heavy atom. The standard InChI is InChI=1S/C32H31NO12/c1-15-7-10-24-21(11-15)32(19-6-4-3-5-18(19)29(39)45-32)20-9-8-17(12-25(20)42-24)43-31(30(40)41)13-22(36)26(33-16(2)35)28(44-31)27(38)23(37)14-34/h3-12,22-23,26-28,34,36-38H,13-14H2,1-2H3,(H,33,35)(H,40,41)/t22-,23+,26+,27+,28?,31+,32?/m0/s1. The second-order valence-corrected chi connectivity index (χ2v) is 11.4. The highest BCUT2D eigenvalue weighted by Crippen LogP contribution is 2.56. The topological polar surface area (TPSA) is 201 Å². The van der Waals surface area contributed by atoms with E-state index in [9.17, 15) is 39.9 Å². The minimum absolute atomic E-state index is 0.0828. The average molecular weight is 622 g/mol. The molecule has 6 rings (SSSR count). The summed E-state index contributed by atoms with van der Waals surface area (Å²) < 4.78 is 24.0. The quantitative estimate of drug-likeness (QED) is 0.206. The maximum absolute atomic E-state index is 13.1. The van der Waals surface area contributed by atoms with Gasteiger partial charge in [0.15, 0.2) is 5.60 Å². The number of carbonyl (C=O) groups is 3. The van der Waals surface area contributed by atoms with Crippen molar-refractivity contribution in [2.75, 3.05) is 6.61 Å². The molecule has 0 aliphatic carbocycles. The summed E-state index contributed by atoms with van der Waals surface area (Å²) in [6, 6.07) is 15.5. The number of ether oxygens (including phenoxy) is 4. The Kier molecular flexibility index (Phi) is 7.54. The number of nitrogens with one attached hydrogen (secondary N) is 1. The Morgan fingerprint density at radius 1 is 1.04 bits per heavy atom. The zero-order valence-corrected chi connectivity index (χ0v) is 24.2. The average Bonchev–Trinajstić information content (AvgIpc) is 3.30. The van der Waals surface area contributed by atoms with E-state index in [1.54, 1.807) is 36.4 Å². The van der Waals surface area contributed by atoms with Crippen molar-refractivity contribution < 1.29 is 58.9 Å². The molecule has 3 aromatic carbocycles. The van der Waals surface area contributed by atoms with E-state index in [4.69, 9.17) is 18.9 Å². The smallest absolute Gasteiger partial charge is 0.377 e. The van der Waals surface area contributed by atoms with E-state index in [1.807, 2.05) is 19.1 Å². The van der Waals surface area contributed by atoms with Crippen LogP contribution in [0, 0.1) is 6.92 Å². The van der Waals surface area contributed by atoms with Gasteiger partial charge < -0.3 is 49.8 Å². The number of carboxylic acid groups (broad SMARTS) is 1. The molecule has 1 spiro atoms. The molecule has 3 heterocycles.